The number of nitrogens with one attached hydrogen (secondary N) is 1. The summed E-state index contributed by atoms with van der Waals surface area (Å²) in [5, 5.41) is 4.21. The second-order valence-corrected chi connectivity index (χ2v) is 6.12. The minimum absolute atomic E-state index is 0.717. The van der Waals surface area contributed by atoms with Crippen molar-refractivity contribution in [3.63, 3.8) is 0 Å². The number of aromatic nitrogens is 2. The van der Waals surface area contributed by atoms with E-state index < -0.39 is 0 Å². The van der Waals surface area contributed by atoms with E-state index in [1.165, 1.54) is 37.7 Å². The highest BCUT2D eigenvalue weighted by atomic mass is 35.5. The van der Waals surface area contributed by atoms with Crippen molar-refractivity contribution < 1.29 is 0 Å². The van der Waals surface area contributed by atoms with Crippen molar-refractivity contribution in [2.24, 2.45) is 5.92 Å². The zero-order valence-electron chi connectivity index (χ0n) is 10.9. The summed E-state index contributed by atoms with van der Waals surface area (Å²) in [6.45, 7) is 3.33. The van der Waals surface area contributed by atoms with Gasteiger partial charge in [-0.05, 0) is 51.0 Å². The number of benzene rings is 1. The number of hydrogen-bond donors (Lipinski definition) is 1. The Morgan fingerprint density at radius 1 is 1.37 bits per heavy atom. The van der Waals surface area contributed by atoms with Gasteiger partial charge in [0.05, 0.1) is 22.4 Å². The average Bonchev–Trinajstić information content (AvgIpc) is 2.88. The topological polar surface area (TPSA) is 41.0 Å². The molecule has 0 atom stereocenters. The van der Waals surface area contributed by atoms with Crippen molar-refractivity contribution in [1.29, 1.82) is 0 Å². The van der Waals surface area contributed by atoms with Gasteiger partial charge in [-0.2, -0.15) is 8.75 Å². The molecule has 2 heterocycles. The molecular formula is C13H17ClN4S. The fourth-order valence-corrected chi connectivity index (χ4v) is 3.27. The molecule has 1 fully saturated rings. The molecule has 0 amide bonds. The first-order chi connectivity index (χ1) is 9.24. The van der Waals surface area contributed by atoms with Crippen molar-refractivity contribution in [2.45, 2.75) is 12.8 Å². The van der Waals surface area contributed by atoms with E-state index in [0.717, 1.165) is 28.3 Å². The standard InChI is InChI=1S/C13H17ClN4S/c1-18-6-4-9(5-7-18)8-15-12-10(14)2-3-11-13(12)17-19-16-11/h2-3,9,15H,4-8H2,1H3. The van der Waals surface area contributed by atoms with Gasteiger partial charge >= 0.3 is 0 Å². The van der Waals surface area contributed by atoms with Crippen LogP contribution >= 0.6 is 23.3 Å². The summed E-state index contributed by atoms with van der Waals surface area (Å²) in [6, 6.07) is 3.81. The molecule has 2 aromatic rings. The van der Waals surface area contributed by atoms with Crippen molar-refractivity contribution >= 4 is 40.0 Å². The SMILES string of the molecule is CN1CCC(CNc2c(Cl)ccc3nsnc23)CC1. The van der Waals surface area contributed by atoms with Gasteiger partial charge in [0.15, 0.2) is 0 Å². The summed E-state index contributed by atoms with van der Waals surface area (Å²) in [6.07, 6.45) is 2.48. The summed E-state index contributed by atoms with van der Waals surface area (Å²) < 4.78 is 8.58. The molecule has 4 nitrogen and oxygen atoms in total. The van der Waals surface area contributed by atoms with Gasteiger partial charge in [0.1, 0.15) is 11.0 Å². The number of fused-ring (bicyclic) bond motifs is 1. The third-order valence-corrected chi connectivity index (χ3v) is 4.64. The number of piperidine rings is 1. The Hall–Kier alpha value is -0.910. The third-order valence-electron chi connectivity index (χ3n) is 3.78. The highest BCUT2D eigenvalue weighted by Gasteiger charge is 2.17. The van der Waals surface area contributed by atoms with Gasteiger partial charge < -0.3 is 10.2 Å². The molecule has 1 aliphatic rings. The molecule has 0 aliphatic carbocycles. The van der Waals surface area contributed by atoms with Crippen LogP contribution in [0.15, 0.2) is 12.1 Å². The largest absolute Gasteiger partial charge is 0.382 e. The molecule has 1 saturated heterocycles. The Morgan fingerprint density at radius 2 is 2.16 bits per heavy atom. The lowest BCUT2D eigenvalue weighted by molar-refractivity contribution is 0.226. The maximum Gasteiger partial charge on any atom is 0.129 e. The van der Waals surface area contributed by atoms with E-state index >= 15 is 0 Å². The zero-order chi connectivity index (χ0) is 13.2. The van der Waals surface area contributed by atoms with Gasteiger partial charge in [-0.25, -0.2) is 0 Å². The first-order valence-electron chi connectivity index (χ1n) is 6.57. The smallest absolute Gasteiger partial charge is 0.129 e. The minimum atomic E-state index is 0.717. The molecule has 1 aliphatic heterocycles. The molecule has 1 aromatic carbocycles. The van der Waals surface area contributed by atoms with Gasteiger partial charge in [-0.15, -0.1) is 0 Å². The summed E-state index contributed by atoms with van der Waals surface area (Å²) in [5.74, 6) is 0.717. The van der Waals surface area contributed by atoms with Crippen LogP contribution in [0.25, 0.3) is 11.0 Å². The van der Waals surface area contributed by atoms with E-state index in [1.54, 1.807) is 0 Å². The third kappa shape index (κ3) is 2.83. The molecule has 1 N–H and O–H groups in total. The van der Waals surface area contributed by atoms with E-state index in [0.29, 0.717) is 5.92 Å². The zero-order valence-corrected chi connectivity index (χ0v) is 12.5. The van der Waals surface area contributed by atoms with Crippen molar-refractivity contribution in [1.82, 2.24) is 13.6 Å². The molecule has 0 unspecified atom stereocenters. The quantitative estimate of drug-likeness (QED) is 0.945. The summed E-state index contributed by atoms with van der Waals surface area (Å²) in [4.78, 5) is 2.38. The van der Waals surface area contributed by atoms with Crippen LogP contribution in [0.5, 0.6) is 0 Å². The predicted molar refractivity (Wildman–Crippen MR) is 81.1 cm³/mol. The van der Waals surface area contributed by atoms with Crippen LogP contribution in [0.3, 0.4) is 0 Å². The second kappa shape index (κ2) is 5.61. The summed E-state index contributed by atoms with van der Waals surface area (Å²) in [7, 11) is 2.18. The van der Waals surface area contributed by atoms with E-state index in [1.807, 2.05) is 12.1 Å². The van der Waals surface area contributed by atoms with Crippen LogP contribution < -0.4 is 5.32 Å². The van der Waals surface area contributed by atoms with E-state index in [2.05, 4.69) is 26.0 Å². The van der Waals surface area contributed by atoms with Crippen LogP contribution in [0.4, 0.5) is 5.69 Å². The Labute approximate surface area is 122 Å². The van der Waals surface area contributed by atoms with Gasteiger partial charge in [0.25, 0.3) is 0 Å². The molecule has 0 saturated carbocycles. The van der Waals surface area contributed by atoms with Crippen LogP contribution in [0, 0.1) is 5.92 Å². The van der Waals surface area contributed by atoms with Gasteiger partial charge in [0, 0.05) is 6.54 Å². The normalized spacial score (nSPS) is 18.0. The highest BCUT2D eigenvalue weighted by Crippen LogP contribution is 2.30. The van der Waals surface area contributed by atoms with Crippen LogP contribution in [0.2, 0.25) is 5.02 Å². The molecule has 102 valence electrons. The van der Waals surface area contributed by atoms with Crippen molar-refractivity contribution in [3.8, 4) is 0 Å². The van der Waals surface area contributed by atoms with Gasteiger partial charge in [-0.1, -0.05) is 11.6 Å². The number of hydrogen-bond acceptors (Lipinski definition) is 5. The Balaban J connectivity index is 1.71. The number of rotatable bonds is 3. The van der Waals surface area contributed by atoms with E-state index in [9.17, 15) is 0 Å². The average molecular weight is 297 g/mol. The van der Waals surface area contributed by atoms with Gasteiger partial charge in [0.2, 0.25) is 0 Å². The fraction of sp³-hybridized carbons (Fsp3) is 0.538. The lowest BCUT2D eigenvalue weighted by atomic mass is 9.97. The molecular weight excluding hydrogens is 280 g/mol. The molecule has 1 aromatic heterocycles. The molecule has 0 spiro atoms. The van der Waals surface area contributed by atoms with Crippen LogP contribution in [-0.2, 0) is 0 Å². The summed E-state index contributed by atoms with van der Waals surface area (Å²) in [5.41, 5.74) is 2.75. The Kier molecular flexibility index (Phi) is 3.86. The maximum atomic E-state index is 6.27. The first kappa shape index (κ1) is 13.1. The number of likely N-dealkylation sites (tertiary alicyclic amines) is 1. The monoisotopic (exact) mass is 296 g/mol. The van der Waals surface area contributed by atoms with E-state index in [4.69, 9.17) is 11.6 Å². The Morgan fingerprint density at radius 3 is 2.95 bits per heavy atom. The molecule has 0 bridgehead atoms. The van der Waals surface area contributed by atoms with Crippen molar-refractivity contribution in [2.75, 3.05) is 32.0 Å². The minimum Gasteiger partial charge on any atom is -0.382 e. The predicted octanol–water partition coefficient (Wildman–Crippen LogP) is 3.10. The first-order valence-corrected chi connectivity index (χ1v) is 7.68. The van der Waals surface area contributed by atoms with Crippen LogP contribution in [-0.4, -0.2) is 40.3 Å². The second-order valence-electron chi connectivity index (χ2n) is 5.18. The Bertz CT molecular complexity index is 563. The number of anilines is 1. The van der Waals surface area contributed by atoms with E-state index in [-0.39, 0.29) is 0 Å². The number of halogens is 1. The van der Waals surface area contributed by atoms with Crippen molar-refractivity contribution in [3.05, 3.63) is 17.2 Å². The summed E-state index contributed by atoms with van der Waals surface area (Å²) >= 11 is 7.50. The lowest BCUT2D eigenvalue weighted by Gasteiger charge is -2.29. The van der Waals surface area contributed by atoms with Gasteiger partial charge in [-0.3, -0.25) is 0 Å². The van der Waals surface area contributed by atoms with Crippen LogP contribution in [0.1, 0.15) is 12.8 Å². The molecule has 0 radical (unpaired) electrons. The number of nitrogens with zero attached hydrogens (tertiary/aromatic N) is 3. The molecule has 6 heteroatoms. The fourth-order valence-electron chi connectivity index (χ4n) is 2.51. The lowest BCUT2D eigenvalue weighted by Crippen LogP contribution is -2.33. The molecule has 19 heavy (non-hydrogen) atoms. The maximum absolute atomic E-state index is 6.27. The molecule has 3 rings (SSSR count). The highest BCUT2D eigenvalue weighted by molar-refractivity contribution is 7.00.